The highest BCUT2D eigenvalue weighted by Gasteiger charge is 2.04. The molecular weight excluding hydrogens is 262 g/mol. The first-order valence-electron chi connectivity index (χ1n) is 6.24. The lowest BCUT2D eigenvalue weighted by molar-refractivity contribution is -0.116. The van der Waals surface area contributed by atoms with Gasteiger partial charge in [-0.15, -0.1) is 0 Å². The Labute approximate surface area is 117 Å². The highest BCUT2D eigenvalue weighted by atomic mass is 35.5. The summed E-state index contributed by atoms with van der Waals surface area (Å²) in [6.07, 6.45) is 4.83. The standard InChI is InChI=1S/C14H16ClN3O/c1-2-4-14(19)17-13-8-16-18(10-13)9-11-5-3-6-12(15)7-11/h3,5-8,10H,2,4,9H2,1H3,(H,17,19). The Morgan fingerprint density at radius 1 is 1.47 bits per heavy atom. The van der Waals surface area contributed by atoms with Crippen molar-refractivity contribution in [1.82, 2.24) is 9.78 Å². The molecule has 0 atom stereocenters. The van der Waals surface area contributed by atoms with Crippen molar-refractivity contribution in [2.24, 2.45) is 0 Å². The van der Waals surface area contributed by atoms with Crippen molar-refractivity contribution in [1.29, 1.82) is 0 Å². The summed E-state index contributed by atoms with van der Waals surface area (Å²) in [5.41, 5.74) is 1.79. The van der Waals surface area contributed by atoms with Crippen molar-refractivity contribution in [3.8, 4) is 0 Å². The van der Waals surface area contributed by atoms with Gasteiger partial charge in [0, 0.05) is 17.6 Å². The molecule has 0 fully saturated rings. The molecule has 100 valence electrons. The van der Waals surface area contributed by atoms with Gasteiger partial charge in [-0.05, 0) is 24.1 Å². The van der Waals surface area contributed by atoms with E-state index in [4.69, 9.17) is 11.6 Å². The Hall–Kier alpha value is -1.81. The lowest BCUT2D eigenvalue weighted by atomic mass is 10.2. The molecule has 1 heterocycles. The zero-order valence-corrected chi connectivity index (χ0v) is 11.5. The van der Waals surface area contributed by atoms with Crippen LogP contribution in [0.1, 0.15) is 25.3 Å². The van der Waals surface area contributed by atoms with E-state index in [0.717, 1.165) is 17.7 Å². The van der Waals surface area contributed by atoms with Crippen LogP contribution in [0, 0.1) is 0 Å². The smallest absolute Gasteiger partial charge is 0.224 e. The van der Waals surface area contributed by atoms with Gasteiger partial charge in [0.15, 0.2) is 0 Å². The summed E-state index contributed by atoms with van der Waals surface area (Å²) in [5.74, 6) is 0.0183. The minimum absolute atomic E-state index is 0.0183. The van der Waals surface area contributed by atoms with E-state index in [1.165, 1.54) is 0 Å². The highest BCUT2D eigenvalue weighted by molar-refractivity contribution is 6.30. The molecule has 0 aliphatic rings. The number of nitrogens with one attached hydrogen (secondary N) is 1. The van der Waals surface area contributed by atoms with Gasteiger partial charge < -0.3 is 5.32 Å². The average Bonchev–Trinajstić information content (AvgIpc) is 2.76. The molecule has 0 radical (unpaired) electrons. The van der Waals surface area contributed by atoms with Gasteiger partial charge in [-0.3, -0.25) is 9.48 Å². The first-order valence-corrected chi connectivity index (χ1v) is 6.62. The molecule has 2 rings (SSSR count). The maximum Gasteiger partial charge on any atom is 0.224 e. The van der Waals surface area contributed by atoms with Crippen LogP contribution in [0.4, 0.5) is 5.69 Å². The second kappa shape index (κ2) is 6.38. The molecule has 2 aromatic rings. The van der Waals surface area contributed by atoms with Crippen LogP contribution in [-0.2, 0) is 11.3 Å². The summed E-state index contributed by atoms with van der Waals surface area (Å²) in [7, 11) is 0. The molecule has 1 aromatic heterocycles. The number of hydrogen-bond donors (Lipinski definition) is 1. The van der Waals surface area contributed by atoms with E-state index in [1.54, 1.807) is 10.9 Å². The number of carbonyl (C=O) groups is 1. The Morgan fingerprint density at radius 2 is 2.32 bits per heavy atom. The van der Waals surface area contributed by atoms with Gasteiger partial charge in [0.05, 0.1) is 18.4 Å². The Kier molecular flexibility index (Phi) is 4.58. The molecule has 0 unspecified atom stereocenters. The Morgan fingerprint density at radius 3 is 3.05 bits per heavy atom. The molecule has 1 amide bonds. The topological polar surface area (TPSA) is 46.9 Å². The third-order valence-electron chi connectivity index (χ3n) is 2.63. The van der Waals surface area contributed by atoms with Crippen molar-refractivity contribution in [2.45, 2.75) is 26.3 Å². The number of hydrogen-bond acceptors (Lipinski definition) is 2. The van der Waals surface area contributed by atoms with Crippen molar-refractivity contribution in [2.75, 3.05) is 5.32 Å². The molecule has 0 saturated heterocycles. The van der Waals surface area contributed by atoms with Gasteiger partial charge in [0.25, 0.3) is 0 Å². The van der Waals surface area contributed by atoms with Crippen LogP contribution in [0.25, 0.3) is 0 Å². The maximum atomic E-state index is 11.5. The number of rotatable bonds is 5. The van der Waals surface area contributed by atoms with Gasteiger partial charge in [0.2, 0.25) is 5.91 Å². The van der Waals surface area contributed by atoms with Crippen LogP contribution >= 0.6 is 11.6 Å². The third-order valence-corrected chi connectivity index (χ3v) is 2.86. The predicted molar refractivity (Wildman–Crippen MR) is 76.3 cm³/mol. The van der Waals surface area contributed by atoms with Gasteiger partial charge in [-0.2, -0.15) is 5.10 Å². The summed E-state index contributed by atoms with van der Waals surface area (Å²) >= 11 is 5.93. The number of anilines is 1. The summed E-state index contributed by atoms with van der Waals surface area (Å²) < 4.78 is 1.77. The fourth-order valence-electron chi connectivity index (χ4n) is 1.79. The van der Waals surface area contributed by atoms with Crippen LogP contribution < -0.4 is 5.32 Å². The molecular formula is C14H16ClN3O. The molecule has 0 aliphatic carbocycles. The van der Waals surface area contributed by atoms with E-state index >= 15 is 0 Å². The highest BCUT2D eigenvalue weighted by Crippen LogP contribution is 2.13. The van der Waals surface area contributed by atoms with Crippen LogP contribution in [0.5, 0.6) is 0 Å². The number of aromatic nitrogens is 2. The largest absolute Gasteiger partial charge is 0.323 e. The van der Waals surface area contributed by atoms with Crippen LogP contribution in [-0.4, -0.2) is 15.7 Å². The molecule has 0 saturated carbocycles. The monoisotopic (exact) mass is 277 g/mol. The molecule has 4 nitrogen and oxygen atoms in total. The Bertz CT molecular complexity index is 565. The minimum atomic E-state index is 0.0183. The first kappa shape index (κ1) is 13.6. The van der Waals surface area contributed by atoms with E-state index in [-0.39, 0.29) is 5.91 Å². The molecule has 0 bridgehead atoms. The fourth-order valence-corrected chi connectivity index (χ4v) is 2.00. The number of benzene rings is 1. The summed E-state index contributed by atoms with van der Waals surface area (Å²) in [5, 5.41) is 7.73. The number of carbonyl (C=O) groups excluding carboxylic acids is 1. The van der Waals surface area contributed by atoms with Gasteiger partial charge in [-0.1, -0.05) is 30.7 Å². The second-order valence-electron chi connectivity index (χ2n) is 4.35. The summed E-state index contributed by atoms with van der Waals surface area (Å²) in [6.45, 7) is 2.60. The zero-order chi connectivity index (χ0) is 13.7. The average molecular weight is 278 g/mol. The molecule has 5 heteroatoms. The summed E-state index contributed by atoms with van der Waals surface area (Å²) in [6, 6.07) is 7.64. The summed E-state index contributed by atoms with van der Waals surface area (Å²) in [4.78, 5) is 11.5. The van der Waals surface area contributed by atoms with E-state index in [1.807, 2.05) is 37.4 Å². The lowest BCUT2D eigenvalue weighted by Gasteiger charge is -2.02. The molecule has 19 heavy (non-hydrogen) atoms. The van der Waals surface area contributed by atoms with Crippen molar-refractivity contribution in [3.63, 3.8) is 0 Å². The minimum Gasteiger partial charge on any atom is -0.323 e. The number of halogens is 1. The van der Waals surface area contributed by atoms with Crippen LogP contribution in [0.2, 0.25) is 5.02 Å². The molecule has 1 aromatic carbocycles. The maximum absolute atomic E-state index is 11.5. The van der Waals surface area contributed by atoms with E-state index < -0.39 is 0 Å². The Balaban J connectivity index is 1.99. The van der Waals surface area contributed by atoms with Crippen molar-refractivity contribution < 1.29 is 4.79 Å². The second-order valence-corrected chi connectivity index (χ2v) is 4.79. The quantitative estimate of drug-likeness (QED) is 0.911. The first-order chi connectivity index (χ1) is 9.17. The van der Waals surface area contributed by atoms with E-state index in [0.29, 0.717) is 18.0 Å². The molecule has 0 aliphatic heterocycles. The SMILES string of the molecule is CCCC(=O)Nc1cnn(Cc2cccc(Cl)c2)c1. The van der Waals surface area contributed by atoms with E-state index in [9.17, 15) is 4.79 Å². The van der Waals surface area contributed by atoms with Gasteiger partial charge in [-0.25, -0.2) is 0 Å². The normalized spacial score (nSPS) is 10.4. The zero-order valence-electron chi connectivity index (χ0n) is 10.8. The molecule has 0 spiro atoms. The number of nitrogens with zero attached hydrogens (tertiary/aromatic N) is 2. The fraction of sp³-hybridized carbons (Fsp3) is 0.286. The molecule has 1 N–H and O–H groups in total. The number of amides is 1. The van der Waals surface area contributed by atoms with Gasteiger partial charge in [0.1, 0.15) is 0 Å². The van der Waals surface area contributed by atoms with Crippen LogP contribution in [0.3, 0.4) is 0 Å². The predicted octanol–water partition coefficient (Wildman–Crippen LogP) is 3.32. The van der Waals surface area contributed by atoms with E-state index in [2.05, 4.69) is 10.4 Å². The van der Waals surface area contributed by atoms with Crippen molar-refractivity contribution in [3.05, 3.63) is 47.2 Å². The third kappa shape index (κ3) is 4.10. The van der Waals surface area contributed by atoms with Crippen LogP contribution in [0.15, 0.2) is 36.7 Å². The lowest BCUT2D eigenvalue weighted by Crippen LogP contribution is -2.09. The van der Waals surface area contributed by atoms with Crippen molar-refractivity contribution >= 4 is 23.2 Å². The van der Waals surface area contributed by atoms with Gasteiger partial charge >= 0.3 is 0 Å².